The molecule has 1 aromatic carbocycles. The van der Waals surface area contributed by atoms with Gasteiger partial charge in [-0.15, -0.1) is 0 Å². The summed E-state index contributed by atoms with van der Waals surface area (Å²) in [5, 5.41) is 9.49. The summed E-state index contributed by atoms with van der Waals surface area (Å²) < 4.78 is 10.7. The Balaban J connectivity index is 2.01. The molecule has 0 amide bonds. The molecule has 0 unspecified atom stereocenters. The number of aliphatic carboxylic acids is 1. The molecule has 1 N–H and O–H groups in total. The second kappa shape index (κ2) is 5.26. The summed E-state index contributed by atoms with van der Waals surface area (Å²) in [6, 6.07) is 5.21. The Labute approximate surface area is 125 Å². The molecule has 0 aliphatic heterocycles. The van der Waals surface area contributed by atoms with E-state index < -0.39 is 5.97 Å². The first-order valence-electron chi connectivity index (χ1n) is 6.36. The number of aromatic nitrogens is 1. The molecule has 0 fully saturated rings. The van der Waals surface area contributed by atoms with Gasteiger partial charge in [-0.05, 0) is 37.1 Å². The lowest BCUT2D eigenvalue weighted by Gasteiger charge is -2.06. The minimum Gasteiger partial charge on any atom is -0.497 e. The van der Waals surface area contributed by atoms with Crippen LogP contribution in [0.2, 0.25) is 5.02 Å². The zero-order valence-corrected chi connectivity index (χ0v) is 12.0. The van der Waals surface area contributed by atoms with Crippen molar-refractivity contribution in [3.63, 3.8) is 0 Å². The first kappa shape index (κ1) is 13.7. The number of aryl methyl sites for hydroxylation is 1. The number of carboxylic acids is 1. The molecule has 1 heterocycles. The highest BCUT2D eigenvalue weighted by molar-refractivity contribution is 6.33. The van der Waals surface area contributed by atoms with E-state index in [2.05, 4.69) is 4.98 Å². The number of nitrogens with zero attached hydrogens (tertiary/aromatic N) is 1. The molecule has 0 atom stereocenters. The van der Waals surface area contributed by atoms with Crippen LogP contribution in [0.4, 0.5) is 0 Å². The molecule has 0 saturated carbocycles. The van der Waals surface area contributed by atoms with Crippen LogP contribution >= 0.6 is 11.6 Å². The van der Waals surface area contributed by atoms with Gasteiger partial charge in [0.15, 0.2) is 5.76 Å². The third-order valence-corrected chi connectivity index (χ3v) is 3.66. The van der Waals surface area contributed by atoms with Crippen LogP contribution < -0.4 is 4.74 Å². The quantitative estimate of drug-likeness (QED) is 0.940. The van der Waals surface area contributed by atoms with Gasteiger partial charge in [0.2, 0.25) is 5.89 Å². The minimum absolute atomic E-state index is 0.325. The SMILES string of the molecule is COc1ccc(-c2nc3c(o2)C=C(C(=O)O)CC3)c(Cl)c1. The van der Waals surface area contributed by atoms with Crippen molar-refractivity contribution in [3.8, 4) is 17.2 Å². The standard InChI is InChI=1S/C15H12ClNO4/c1-20-9-3-4-10(11(16)7-9)14-17-12-5-2-8(15(18)19)6-13(12)21-14/h3-4,6-7H,2,5H2,1H3,(H,18,19). The van der Waals surface area contributed by atoms with Crippen molar-refractivity contribution in [3.05, 3.63) is 40.2 Å². The Morgan fingerprint density at radius 1 is 1.43 bits per heavy atom. The van der Waals surface area contributed by atoms with Crippen LogP contribution in [0.3, 0.4) is 0 Å². The zero-order chi connectivity index (χ0) is 15.0. The van der Waals surface area contributed by atoms with Gasteiger partial charge in [-0.25, -0.2) is 9.78 Å². The molecular weight excluding hydrogens is 294 g/mol. The van der Waals surface area contributed by atoms with Crippen molar-refractivity contribution < 1.29 is 19.1 Å². The van der Waals surface area contributed by atoms with Crippen molar-refractivity contribution in [1.82, 2.24) is 4.98 Å². The third kappa shape index (κ3) is 2.52. The fourth-order valence-corrected chi connectivity index (χ4v) is 2.47. The van der Waals surface area contributed by atoms with Gasteiger partial charge < -0.3 is 14.3 Å². The number of hydrogen-bond donors (Lipinski definition) is 1. The van der Waals surface area contributed by atoms with Crippen LogP contribution in [-0.2, 0) is 11.2 Å². The molecular formula is C15H12ClNO4. The smallest absolute Gasteiger partial charge is 0.331 e. The number of oxazole rings is 1. The summed E-state index contributed by atoms with van der Waals surface area (Å²) in [4.78, 5) is 15.4. The van der Waals surface area contributed by atoms with Crippen molar-refractivity contribution in [2.75, 3.05) is 7.11 Å². The highest BCUT2D eigenvalue weighted by Crippen LogP contribution is 2.34. The van der Waals surface area contributed by atoms with Crippen LogP contribution in [0, 0.1) is 0 Å². The van der Waals surface area contributed by atoms with Crippen molar-refractivity contribution in [1.29, 1.82) is 0 Å². The monoisotopic (exact) mass is 305 g/mol. The Kier molecular flexibility index (Phi) is 3.43. The minimum atomic E-state index is -0.930. The number of hydrogen-bond acceptors (Lipinski definition) is 4. The van der Waals surface area contributed by atoms with Gasteiger partial charge in [0, 0.05) is 5.57 Å². The predicted octanol–water partition coefficient (Wildman–Crippen LogP) is 3.42. The summed E-state index contributed by atoms with van der Waals surface area (Å²) in [6.45, 7) is 0. The van der Waals surface area contributed by atoms with Gasteiger partial charge in [-0.1, -0.05) is 11.6 Å². The maximum absolute atomic E-state index is 11.0. The van der Waals surface area contributed by atoms with E-state index in [-0.39, 0.29) is 0 Å². The van der Waals surface area contributed by atoms with E-state index >= 15 is 0 Å². The number of methoxy groups -OCH3 is 1. The summed E-state index contributed by atoms with van der Waals surface area (Å²) in [5.41, 5.74) is 1.73. The molecule has 3 rings (SSSR count). The van der Waals surface area contributed by atoms with Crippen molar-refractivity contribution in [2.24, 2.45) is 0 Å². The molecule has 1 aromatic heterocycles. The molecule has 2 aromatic rings. The van der Waals surface area contributed by atoms with Gasteiger partial charge >= 0.3 is 5.97 Å². The van der Waals surface area contributed by atoms with Gasteiger partial charge in [0.25, 0.3) is 0 Å². The first-order valence-corrected chi connectivity index (χ1v) is 6.74. The molecule has 108 valence electrons. The Hall–Kier alpha value is -2.27. The maximum Gasteiger partial charge on any atom is 0.331 e. The van der Waals surface area contributed by atoms with E-state index in [1.807, 2.05) is 0 Å². The van der Waals surface area contributed by atoms with Crippen LogP contribution in [0.5, 0.6) is 5.75 Å². The zero-order valence-electron chi connectivity index (χ0n) is 11.2. The van der Waals surface area contributed by atoms with E-state index in [1.54, 1.807) is 25.3 Å². The molecule has 0 bridgehead atoms. The number of benzene rings is 1. The molecule has 5 nitrogen and oxygen atoms in total. The molecule has 6 heteroatoms. The van der Waals surface area contributed by atoms with Gasteiger partial charge in [0.05, 0.1) is 23.4 Å². The van der Waals surface area contributed by atoms with Crippen LogP contribution in [0.25, 0.3) is 17.5 Å². The molecule has 0 saturated heterocycles. The Morgan fingerprint density at radius 2 is 2.24 bits per heavy atom. The number of carbonyl (C=O) groups is 1. The van der Waals surface area contributed by atoms with Crippen molar-refractivity contribution in [2.45, 2.75) is 12.8 Å². The summed E-state index contributed by atoms with van der Waals surface area (Å²) in [7, 11) is 1.56. The molecule has 0 radical (unpaired) electrons. The van der Waals surface area contributed by atoms with E-state index in [0.29, 0.717) is 46.4 Å². The lowest BCUT2D eigenvalue weighted by atomic mass is 10.0. The van der Waals surface area contributed by atoms with Gasteiger partial charge in [0.1, 0.15) is 5.75 Å². The normalized spacial score (nSPS) is 13.5. The van der Waals surface area contributed by atoms with Crippen LogP contribution in [0.1, 0.15) is 17.9 Å². The summed E-state index contributed by atoms with van der Waals surface area (Å²) in [5.74, 6) is 0.588. The first-order chi connectivity index (χ1) is 10.1. The lowest BCUT2D eigenvalue weighted by molar-refractivity contribution is -0.132. The second-order valence-corrected chi connectivity index (χ2v) is 5.06. The topological polar surface area (TPSA) is 72.6 Å². The maximum atomic E-state index is 11.0. The van der Waals surface area contributed by atoms with E-state index in [4.69, 9.17) is 25.9 Å². The highest BCUT2D eigenvalue weighted by atomic mass is 35.5. The van der Waals surface area contributed by atoms with Crippen LogP contribution in [0.15, 0.2) is 28.2 Å². The number of carboxylic acid groups (broad SMARTS) is 1. The average molecular weight is 306 g/mol. The lowest BCUT2D eigenvalue weighted by Crippen LogP contribution is -2.06. The summed E-state index contributed by atoms with van der Waals surface area (Å²) in [6.07, 6.45) is 2.52. The van der Waals surface area contributed by atoms with Gasteiger partial charge in [-0.3, -0.25) is 0 Å². The number of halogens is 1. The third-order valence-electron chi connectivity index (χ3n) is 3.35. The van der Waals surface area contributed by atoms with Crippen LogP contribution in [-0.4, -0.2) is 23.2 Å². The predicted molar refractivity (Wildman–Crippen MR) is 77.4 cm³/mol. The molecule has 1 aliphatic carbocycles. The number of ether oxygens (including phenoxy) is 1. The highest BCUT2D eigenvalue weighted by Gasteiger charge is 2.22. The van der Waals surface area contributed by atoms with Gasteiger partial charge in [-0.2, -0.15) is 0 Å². The van der Waals surface area contributed by atoms with Crippen molar-refractivity contribution >= 4 is 23.6 Å². The summed E-state index contributed by atoms with van der Waals surface area (Å²) >= 11 is 6.20. The second-order valence-electron chi connectivity index (χ2n) is 4.65. The fourth-order valence-electron chi connectivity index (χ4n) is 2.22. The molecule has 1 aliphatic rings. The molecule has 21 heavy (non-hydrogen) atoms. The Bertz CT molecular complexity index is 748. The average Bonchev–Trinajstić information content (AvgIpc) is 2.89. The van der Waals surface area contributed by atoms with E-state index in [9.17, 15) is 4.79 Å². The van der Waals surface area contributed by atoms with E-state index in [0.717, 1.165) is 5.69 Å². The Morgan fingerprint density at radius 3 is 2.90 bits per heavy atom. The fraction of sp³-hybridized carbons (Fsp3) is 0.200. The number of fused-ring (bicyclic) bond motifs is 1. The molecule has 0 spiro atoms. The van der Waals surface area contributed by atoms with E-state index in [1.165, 1.54) is 6.08 Å². The number of rotatable bonds is 3. The largest absolute Gasteiger partial charge is 0.497 e.